The molecule has 1 fully saturated rings. The molecule has 82 valence electrons. The van der Waals surface area contributed by atoms with Gasteiger partial charge in [-0.3, -0.25) is 5.01 Å². The zero-order valence-corrected chi connectivity index (χ0v) is 9.45. The van der Waals surface area contributed by atoms with E-state index < -0.39 is 0 Å². The molecule has 16 heavy (non-hydrogen) atoms. The van der Waals surface area contributed by atoms with Crippen LogP contribution in [0.3, 0.4) is 0 Å². The van der Waals surface area contributed by atoms with Crippen LogP contribution in [0.2, 0.25) is 0 Å². The van der Waals surface area contributed by atoms with Gasteiger partial charge in [0.25, 0.3) is 0 Å². The van der Waals surface area contributed by atoms with Crippen LogP contribution in [-0.4, -0.2) is 23.1 Å². The molecule has 0 aromatic heterocycles. The van der Waals surface area contributed by atoms with Crippen molar-refractivity contribution in [3.8, 4) is 0 Å². The number of hydrogen-bond acceptors (Lipinski definition) is 2. The molecule has 0 aromatic rings. The van der Waals surface area contributed by atoms with Gasteiger partial charge in [-0.2, -0.15) is 0 Å². The van der Waals surface area contributed by atoms with Crippen LogP contribution in [-0.2, 0) is 0 Å². The molecular weight excluding hydrogens is 196 g/mol. The number of hydrogen-bond donors (Lipinski definition) is 0. The Kier molecular flexibility index (Phi) is 1.71. The molecule has 4 rings (SSSR count). The molecule has 2 aliphatic heterocycles. The van der Waals surface area contributed by atoms with Crippen LogP contribution in [0.5, 0.6) is 0 Å². The normalized spacial score (nSPS) is 27.6. The lowest BCUT2D eigenvalue weighted by molar-refractivity contribution is 0.130. The highest BCUT2D eigenvalue weighted by Crippen LogP contribution is 2.42. The molecule has 0 radical (unpaired) electrons. The fourth-order valence-electron chi connectivity index (χ4n) is 3.21. The third kappa shape index (κ3) is 1.05. The monoisotopic (exact) mass is 212 g/mol. The molecule has 4 aliphatic rings. The molecule has 0 spiro atoms. The molecule has 0 saturated carbocycles. The molecule has 2 aliphatic carbocycles. The van der Waals surface area contributed by atoms with Crippen molar-refractivity contribution < 1.29 is 0 Å². The van der Waals surface area contributed by atoms with Gasteiger partial charge in [-0.05, 0) is 42.9 Å². The molecule has 0 unspecified atom stereocenters. The summed E-state index contributed by atoms with van der Waals surface area (Å²) in [7, 11) is 0. The van der Waals surface area contributed by atoms with E-state index >= 15 is 0 Å². The third-order valence-corrected chi connectivity index (χ3v) is 3.94. The Morgan fingerprint density at radius 1 is 1.00 bits per heavy atom. The molecule has 2 nitrogen and oxygen atoms in total. The van der Waals surface area contributed by atoms with E-state index in [1.165, 1.54) is 42.7 Å². The van der Waals surface area contributed by atoms with E-state index in [1.54, 1.807) is 5.57 Å². The van der Waals surface area contributed by atoms with E-state index in [2.05, 4.69) is 34.3 Å². The standard InChI is InChI=1S/C14H16N2/c1-3-7-13-11(5-1)9-15-10-12-6-2-4-8-14(12)16(13)15/h3,6-8H,1-2,4-5,9-10H2. The van der Waals surface area contributed by atoms with E-state index in [0.717, 1.165) is 13.1 Å². The topological polar surface area (TPSA) is 6.48 Å². The van der Waals surface area contributed by atoms with Crippen LogP contribution in [0.1, 0.15) is 25.7 Å². The van der Waals surface area contributed by atoms with Gasteiger partial charge in [-0.15, -0.1) is 0 Å². The number of fused-ring (bicyclic) bond motifs is 4. The first-order valence-corrected chi connectivity index (χ1v) is 6.26. The highest BCUT2D eigenvalue weighted by atomic mass is 15.7. The molecule has 0 amide bonds. The number of rotatable bonds is 0. The van der Waals surface area contributed by atoms with Crippen LogP contribution < -0.4 is 0 Å². The van der Waals surface area contributed by atoms with Crippen molar-refractivity contribution in [2.75, 3.05) is 13.1 Å². The fraction of sp³-hybridized carbons (Fsp3) is 0.429. The van der Waals surface area contributed by atoms with Crippen molar-refractivity contribution in [3.05, 3.63) is 46.8 Å². The van der Waals surface area contributed by atoms with Crippen LogP contribution in [0.25, 0.3) is 0 Å². The zero-order chi connectivity index (χ0) is 10.5. The molecule has 0 atom stereocenters. The minimum absolute atomic E-state index is 1.12. The quantitative estimate of drug-likeness (QED) is 0.609. The summed E-state index contributed by atoms with van der Waals surface area (Å²) in [5.74, 6) is 0. The first-order valence-electron chi connectivity index (χ1n) is 6.26. The Hall–Kier alpha value is -1.28. The largest absolute Gasteiger partial charge is 0.274 e. The molecular formula is C14H16N2. The van der Waals surface area contributed by atoms with Crippen molar-refractivity contribution >= 4 is 0 Å². The summed E-state index contributed by atoms with van der Waals surface area (Å²) >= 11 is 0. The van der Waals surface area contributed by atoms with Gasteiger partial charge >= 0.3 is 0 Å². The second kappa shape index (κ2) is 3.11. The predicted molar refractivity (Wildman–Crippen MR) is 64.2 cm³/mol. The molecule has 0 N–H and O–H groups in total. The van der Waals surface area contributed by atoms with E-state index in [-0.39, 0.29) is 0 Å². The Morgan fingerprint density at radius 2 is 1.94 bits per heavy atom. The predicted octanol–water partition coefficient (Wildman–Crippen LogP) is 2.74. The van der Waals surface area contributed by atoms with Gasteiger partial charge in [-0.1, -0.05) is 18.2 Å². The minimum Gasteiger partial charge on any atom is -0.274 e. The summed E-state index contributed by atoms with van der Waals surface area (Å²) in [6.07, 6.45) is 14.4. The lowest BCUT2D eigenvalue weighted by Crippen LogP contribution is -2.29. The summed E-state index contributed by atoms with van der Waals surface area (Å²) in [5, 5.41) is 4.94. The van der Waals surface area contributed by atoms with Crippen molar-refractivity contribution in [1.29, 1.82) is 0 Å². The maximum Gasteiger partial charge on any atom is 0.0583 e. The van der Waals surface area contributed by atoms with Crippen molar-refractivity contribution in [3.63, 3.8) is 0 Å². The Balaban J connectivity index is 1.80. The van der Waals surface area contributed by atoms with Gasteiger partial charge < -0.3 is 0 Å². The van der Waals surface area contributed by atoms with E-state index in [9.17, 15) is 0 Å². The number of hydrazine groups is 1. The molecule has 2 heterocycles. The van der Waals surface area contributed by atoms with Crippen molar-refractivity contribution in [2.45, 2.75) is 25.7 Å². The van der Waals surface area contributed by atoms with Gasteiger partial charge in [0.15, 0.2) is 0 Å². The Bertz CT molecular complexity index is 465. The minimum atomic E-state index is 1.12. The lowest BCUT2D eigenvalue weighted by atomic mass is 10.00. The highest BCUT2D eigenvalue weighted by molar-refractivity contribution is 5.46. The van der Waals surface area contributed by atoms with E-state index in [4.69, 9.17) is 0 Å². The first-order chi connectivity index (χ1) is 7.93. The van der Waals surface area contributed by atoms with Crippen LogP contribution in [0, 0.1) is 0 Å². The average molecular weight is 212 g/mol. The second-order valence-corrected chi connectivity index (χ2v) is 4.96. The zero-order valence-electron chi connectivity index (χ0n) is 9.45. The Labute approximate surface area is 96.2 Å². The molecule has 1 saturated heterocycles. The molecule has 2 heteroatoms. The smallest absolute Gasteiger partial charge is 0.0583 e. The number of allylic oxidation sites excluding steroid dienone is 4. The molecule has 0 aromatic carbocycles. The maximum absolute atomic E-state index is 2.49. The highest BCUT2D eigenvalue weighted by Gasteiger charge is 2.38. The summed E-state index contributed by atoms with van der Waals surface area (Å²) in [6, 6.07) is 0. The van der Waals surface area contributed by atoms with E-state index in [0.29, 0.717) is 0 Å². The second-order valence-electron chi connectivity index (χ2n) is 4.96. The van der Waals surface area contributed by atoms with Crippen molar-refractivity contribution in [1.82, 2.24) is 10.0 Å². The van der Waals surface area contributed by atoms with Gasteiger partial charge in [0.1, 0.15) is 0 Å². The summed E-state index contributed by atoms with van der Waals surface area (Å²) in [4.78, 5) is 0. The van der Waals surface area contributed by atoms with Gasteiger partial charge in [-0.25, -0.2) is 5.01 Å². The summed E-state index contributed by atoms with van der Waals surface area (Å²) < 4.78 is 0. The van der Waals surface area contributed by atoms with Crippen LogP contribution in [0.15, 0.2) is 46.8 Å². The third-order valence-electron chi connectivity index (χ3n) is 3.94. The summed E-state index contributed by atoms with van der Waals surface area (Å²) in [5.41, 5.74) is 6.09. The van der Waals surface area contributed by atoms with Gasteiger partial charge in [0.2, 0.25) is 0 Å². The van der Waals surface area contributed by atoms with Gasteiger partial charge in [0, 0.05) is 13.1 Å². The fourth-order valence-corrected chi connectivity index (χ4v) is 3.21. The van der Waals surface area contributed by atoms with Crippen molar-refractivity contribution in [2.24, 2.45) is 0 Å². The summed E-state index contributed by atoms with van der Waals surface area (Å²) in [6.45, 7) is 2.26. The van der Waals surface area contributed by atoms with E-state index in [1.807, 2.05) is 0 Å². The first kappa shape index (κ1) is 8.82. The SMILES string of the molecule is C1=CC2=C(CC1)CN1CC3=CCCC=C3N21. The number of nitrogens with zero attached hydrogens (tertiary/aromatic N) is 2. The maximum atomic E-state index is 2.49. The molecule has 0 bridgehead atoms. The van der Waals surface area contributed by atoms with Crippen LogP contribution in [0.4, 0.5) is 0 Å². The lowest BCUT2D eigenvalue weighted by Gasteiger charge is -2.24. The van der Waals surface area contributed by atoms with Crippen LogP contribution >= 0.6 is 0 Å². The Morgan fingerprint density at radius 3 is 2.94 bits per heavy atom. The van der Waals surface area contributed by atoms with Gasteiger partial charge in [0.05, 0.1) is 11.4 Å². The average Bonchev–Trinajstić information content (AvgIpc) is 2.83.